The molecule has 11 nitrogen and oxygen atoms in total. The van der Waals surface area contributed by atoms with Crippen LogP contribution >= 0.6 is 11.6 Å². The number of nitrogens with one attached hydrogen (secondary N) is 2. The molecular weight excluding hydrogens is 384 g/mol. The molecule has 1 heterocycles. The lowest BCUT2D eigenvalue weighted by atomic mass is 10.2. The number of anilines is 2. The van der Waals surface area contributed by atoms with Crippen molar-refractivity contribution in [2.24, 2.45) is 10.7 Å². The van der Waals surface area contributed by atoms with Crippen LogP contribution in [0.4, 0.5) is 11.6 Å². The van der Waals surface area contributed by atoms with E-state index in [9.17, 15) is 13.2 Å². The Morgan fingerprint density at radius 2 is 1.92 bits per heavy atom. The van der Waals surface area contributed by atoms with Crippen molar-refractivity contribution in [3.63, 3.8) is 0 Å². The normalized spacial score (nSPS) is 16.1. The second-order valence-electron chi connectivity index (χ2n) is 5.91. The molecule has 26 heavy (non-hydrogen) atoms. The Labute approximate surface area is 156 Å². The molecule has 0 bridgehead atoms. The fourth-order valence-corrected chi connectivity index (χ4v) is 3.02. The molecule has 1 fully saturated rings. The zero-order valence-corrected chi connectivity index (χ0v) is 15.9. The minimum atomic E-state index is -3.89. The maximum atomic E-state index is 12.2. The summed E-state index contributed by atoms with van der Waals surface area (Å²) in [7, 11) is -1.31. The first-order valence-corrected chi connectivity index (χ1v) is 9.60. The van der Waals surface area contributed by atoms with Gasteiger partial charge in [-0.05, 0) is 12.8 Å². The van der Waals surface area contributed by atoms with E-state index in [1.807, 2.05) is 4.72 Å². The Balaban J connectivity index is 2.18. The number of rotatable bonds is 5. The summed E-state index contributed by atoms with van der Waals surface area (Å²) in [4.78, 5) is 23.6. The summed E-state index contributed by atoms with van der Waals surface area (Å²) in [6, 6.07) is 0.233. The van der Waals surface area contributed by atoms with Gasteiger partial charge in [-0.2, -0.15) is 17.7 Å². The highest BCUT2D eigenvalue weighted by molar-refractivity contribution is 7.87. The molecule has 1 saturated carbocycles. The van der Waals surface area contributed by atoms with Crippen molar-refractivity contribution < 1.29 is 13.2 Å². The van der Waals surface area contributed by atoms with Crippen molar-refractivity contribution >= 4 is 45.3 Å². The van der Waals surface area contributed by atoms with E-state index >= 15 is 0 Å². The Bertz CT molecular complexity index is 821. The summed E-state index contributed by atoms with van der Waals surface area (Å²) in [5, 5.41) is 3.12. The zero-order valence-electron chi connectivity index (χ0n) is 14.4. The van der Waals surface area contributed by atoms with Crippen molar-refractivity contribution in [3.05, 3.63) is 10.8 Å². The molecule has 144 valence electrons. The van der Waals surface area contributed by atoms with Gasteiger partial charge in [0, 0.05) is 20.1 Å². The number of hydrogen-bond donors (Lipinski definition) is 4. The van der Waals surface area contributed by atoms with E-state index in [-0.39, 0.29) is 28.5 Å². The highest BCUT2D eigenvalue weighted by atomic mass is 35.5. The first-order chi connectivity index (χ1) is 12.1. The third-order valence-electron chi connectivity index (χ3n) is 3.72. The van der Waals surface area contributed by atoms with Crippen LogP contribution < -0.4 is 21.5 Å². The molecule has 1 aromatic heterocycles. The van der Waals surface area contributed by atoms with Crippen LogP contribution in [0.3, 0.4) is 0 Å². The van der Waals surface area contributed by atoms with E-state index in [4.69, 9.17) is 23.1 Å². The number of nitrogens with two attached hydrogens (primary N) is 2. The third-order valence-corrected chi connectivity index (χ3v) is 5.41. The van der Waals surface area contributed by atoms with E-state index < -0.39 is 22.1 Å². The summed E-state index contributed by atoms with van der Waals surface area (Å²) in [5.74, 6) is -1.50. The first-order valence-electron chi connectivity index (χ1n) is 7.78. The number of halogens is 1. The van der Waals surface area contributed by atoms with Gasteiger partial charge in [0.15, 0.2) is 22.5 Å². The molecule has 0 unspecified atom stereocenters. The van der Waals surface area contributed by atoms with E-state index in [0.29, 0.717) is 0 Å². The molecular formula is C13H21ClN8O3S. The molecule has 0 aromatic carbocycles. The fraction of sp³-hybridized carbons (Fsp3) is 0.538. The Hall–Kier alpha value is -2.18. The van der Waals surface area contributed by atoms with Crippen LogP contribution in [0.5, 0.6) is 0 Å². The summed E-state index contributed by atoms with van der Waals surface area (Å²) in [5.41, 5.74) is 10.9. The number of aliphatic imine (C=N–C) groups is 1. The van der Waals surface area contributed by atoms with Crippen molar-refractivity contribution in [3.8, 4) is 0 Å². The summed E-state index contributed by atoms with van der Waals surface area (Å²) < 4.78 is 26.1. The molecule has 6 N–H and O–H groups in total. The van der Waals surface area contributed by atoms with Crippen LogP contribution in [-0.2, 0) is 10.2 Å². The minimum absolute atomic E-state index is 0.0305. The van der Waals surface area contributed by atoms with Crippen LogP contribution in [0, 0.1) is 0 Å². The highest BCUT2D eigenvalue weighted by Crippen LogP contribution is 2.26. The second-order valence-corrected chi connectivity index (χ2v) is 8.16. The lowest BCUT2D eigenvalue weighted by Crippen LogP contribution is -2.43. The number of guanidine groups is 1. The molecule has 0 radical (unpaired) electrons. The number of amides is 1. The highest BCUT2D eigenvalue weighted by Gasteiger charge is 2.21. The molecule has 1 amide bonds. The van der Waals surface area contributed by atoms with Crippen molar-refractivity contribution in [2.75, 3.05) is 25.1 Å². The first kappa shape index (κ1) is 20.1. The predicted octanol–water partition coefficient (Wildman–Crippen LogP) is -0.0824. The number of nitrogen functional groups attached to an aromatic ring is 1. The number of hydrogen-bond acceptors (Lipinski definition) is 7. The molecule has 2 rings (SSSR count). The van der Waals surface area contributed by atoms with Crippen molar-refractivity contribution in [1.82, 2.24) is 19.0 Å². The van der Waals surface area contributed by atoms with Gasteiger partial charge in [0.1, 0.15) is 0 Å². The van der Waals surface area contributed by atoms with Crippen LogP contribution in [0.2, 0.25) is 5.15 Å². The van der Waals surface area contributed by atoms with Crippen LogP contribution in [0.15, 0.2) is 4.99 Å². The number of carbonyl (C=O) groups excluding carboxylic acids is 1. The lowest BCUT2D eigenvalue weighted by Gasteiger charge is -2.14. The second kappa shape index (κ2) is 8.01. The van der Waals surface area contributed by atoms with Crippen LogP contribution in [0.25, 0.3) is 0 Å². The molecule has 1 aliphatic rings. The smallest absolute Gasteiger partial charge is 0.303 e. The van der Waals surface area contributed by atoms with E-state index in [0.717, 1.165) is 30.0 Å². The topological polar surface area (TPSA) is 169 Å². The lowest BCUT2D eigenvalue weighted by molar-refractivity contribution is 0.0998. The van der Waals surface area contributed by atoms with Crippen molar-refractivity contribution in [1.29, 1.82) is 0 Å². The molecule has 0 saturated heterocycles. The Morgan fingerprint density at radius 3 is 2.50 bits per heavy atom. The van der Waals surface area contributed by atoms with Crippen molar-refractivity contribution in [2.45, 2.75) is 31.7 Å². The largest absolute Gasteiger partial charge is 0.382 e. The molecule has 13 heteroatoms. The number of carbonyl (C=O) groups is 1. The maximum Gasteiger partial charge on any atom is 0.303 e. The molecule has 0 spiro atoms. The van der Waals surface area contributed by atoms with E-state index in [1.165, 1.54) is 14.1 Å². The molecule has 1 aliphatic carbocycles. The molecule has 0 aliphatic heterocycles. The van der Waals surface area contributed by atoms with E-state index in [2.05, 4.69) is 20.3 Å². The summed E-state index contributed by atoms with van der Waals surface area (Å²) in [6.07, 6.45) is 4.22. The van der Waals surface area contributed by atoms with Gasteiger partial charge in [0.2, 0.25) is 5.96 Å². The monoisotopic (exact) mass is 404 g/mol. The number of nitrogens with zero attached hydrogens (tertiary/aromatic N) is 4. The Kier molecular flexibility index (Phi) is 6.21. The quantitative estimate of drug-likeness (QED) is 0.390. The van der Waals surface area contributed by atoms with Gasteiger partial charge >= 0.3 is 16.1 Å². The van der Waals surface area contributed by atoms with Gasteiger partial charge in [-0.15, -0.1) is 0 Å². The predicted molar refractivity (Wildman–Crippen MR) is 99.0 cm³/mol. The van der Waals surface area contributed by atoms with Gasteiger partial charge in [-0.1, -0.05) is 24.4 Å². The molecule has 1 aromatic rings. The minimum Gasteiger partial charge on any atom is -0.382 e. The van der Waals surface area contributed by atoms with Crippen LogP contribution in [-0.4, -0.2) is 54.7 Å². The third kappa shape index (κ3) is 4.93. The molecule has 0 atom stereocenters. The van der Waals surface area contributed by atoms with E-state index in [1.54, 1.807) is 0 Å². The van der Waals surface area contributed by atoms with Gasteiger partial charge in [0.05, 0.1) is 0 Å². The van der Waals surface area contributed by atoms with Gasteiger partial charge in [0.25, 0.3) is 0 Å². The summed E-state index contributed by atoms with van der Waals surface area (Å²) >= 11 is 6.07. The number of aromatic nitrogens is 2. The van der Waals surface area contributed by atoms with Gasteiger partial charge < -0.3 is 16.8 Å². The fourth-order valence-electron chi connectivity index (χ4n) is 2.35. The average molecular weight is 405 g/mol. The van der Waals surface area contributed by atoms with Crippen LogP contribution in [0.1, 0.15) is 36.2 Å². The van der Waals surface area contributed by atoms with Gasteiger partial charge in [-0.25, -0.2) is 14.7 Å². The average Bonchev–Trinajstić information content (AvgIpc) is 3.02. The SMILES string of the molecule is CN(C)S(=O)(=O)N/C(N)=N\C(=O)c1nc(Cl)c(NC2CCCC2)nc1N. The Morgan fingerprint density at radius 1 is 1.31 bits per heavy atom. The standard InChI is InChI=1S/C13H21ClN8O3S/c1-22(2)26(24,25)21-13(16)20-12(23)8-10(15)19-11(9(14)18-8)17-7-5-3-4-6-7/h7H,3-6H2,1-2H3,(H3,15,17,19)(H3,16,20,21,23). The maximum absolute atomic E-state index is 12.2. The van der Waals surface area contributed by atoms with Gasteiger partial charge in [-0.3, -0.25) is 4.79 Å². The zero-order chi connectivity index (χ0) is 19.5. The summed E-state index contributed by atoms with van der Waals surface area (Å²) in [6.45, 7) is 0.